The molecular formula is C31H39N5O5. The number of nitrogens with one attached hydrogen (secondary N) is 1. The number of hydrogen-bond donors (Lipinski definition) is 2. The normalized spacial score (nSPS) is 12.8. The summed E-state index contributed by atoms with van der Waals surface area (Å²) in [6.45, 7) is 4.02. The highest BCUT2D eigenvalue weighted by atomic mass is 16.5. The van der Waals surface area contributed by atoms with Crippen LogP contribution in [-0.4, -0.2) is 78.6 Å². The molecule has 1 aromatic heterocycles. The first-order valence-corrected chi connectivity index (χ1v) is 13.9. The number of aliphatic carboxylic acids is 1. The van der Waals surface area contributed by atoms with E-state index in [-0.39, 0.29) is 36.4 Å². The highest BCUT2D eigenvalue weighted by Crippen LogP contribution is 2.34. The fraction of sp³-hybridized carbons (Fsp3) is 0.419. The Morgan fingerprint density at radius 2 is 1.76 bits per heavy atom. The van der Waals surface area contributed by atoms with Gasteiger partial charge in [-0.3, -0.25) is 14.4 Å². The first kappa shape index (κ1) is 29.8. The minimum atomic E-state index is -0.922. The molecule has 1 aliphatic rings. The lowest BCUT2D eigenvalue weighted by Gasteiger charge is -2.24. The van der Waals surface area contributed by atoms with Crippen LogP contribution in [0, 0.1) is 12.8 Å². The van der Waals surface area contributed by atoms with Crippen molar-refractivity contribution in [3.63, 3.8) is 0 Å². The summed E-state index contributed by atoms with van der Waals surface area (Å²) < 4.78 is 5.09. The Morgan fingerprint density at radius 1 is 1.00 bits per heavy atom. The third-order valence-electron chi connectivity index (χ3n) is 7.08. The SMILES string of the molecule is Cc1cc(C(=O)Nc2cc(-c3cccc(CN(CCC(=O)O)C(=O)C4CC4)c3)ccc2N(C)CCCN(C)C)no1. The van der Waals surface area contributed by atoms with E-state index in [4.69, 9.17) is 4.52 Å². The molecule has 1 aliphatic carbocycles. The molecule has 2 aromatic carbocycles. The number of hydrogen-bond acceptors (Lipinski definition) is 7. The van der Waals surface area contributed by atoms with E-state index in [0.717, 1.165) is 54.7 Å². The third kappa shape index (κ3) is 8.40. The van der Waals surface area contributed by atoms with Crippen molar-refractivity contribution >= 4 is 29.2 Å². The highest BCUT2D eigenvalue weighted by Gasteiger charge is 2.33. The zero-order chi connectivity index (χ0) is 29.5. The molecule has 41 heavy (non-hydrogen) atoms. The third-order valence-corrected chi connectivity index (χ3v) is 7.08. The molecule has 2 N–H and O–H groups in total. The van der Waals surface area contributed by atoms with E-state index >= 15 is 0 Å². The minimum absolute atomic E-state index is 0.00825. The number of aromatic nitrogens is 1. The highest BCUT2D eigenvalue weighted by molar-refractivity contribution is 6.05. The maximum Gasteiger partial charge on any atom is 0.305 e. The van der Waals surface area contributed by atoms with Crippen LogP contribution in [0.5, 0.6) is 0 Å². The number of carbonyl (C=O) groups is 3. The maximum atomic E-state index is 13.0. The van der Waals surface area contributed by atoms with Gasteiger partial charge in [-0.1, -0.05) is 29.4 Å². The summed E-state index contributed by atoms with van der Waals surface area (Å²) >= 11 is 0. The second-order valence-corrected chi connectivity index (χ2v) is 11.0. The van der Waals surface area contributed by atoms with E-state index in [1.807, 2.05) is 63.6 Å². The lowest BCUT2D eigenvalue weighted by Crippen LogP contribution is -2.33. The summed E-state index contributed by atoms with van der Waals surface area (Å²) in [7, 11) is 6.09. The van der Waals surface area contributed by atoms with Gasteiger partial charge in [0.1, 0.15) is 5.76 Å². The lowest BCUT2D eigenvalue weighted by molar-refractivity contribution is -0.139. The van der Waals surface area contributed by atoms with E-state index in [1.54, 1.807) is 17.9 Å². The average molecular weight is 562 g/mol. The van der Waals surface area contributed by atoms with Crippen LogP contribution in [0.3, 0.4) is 0 Å². The number of amides is 2. The summed E-state index contributed by atoms with van der Waals surface area (Å²) in [4.78, 5) is 43.0. The van der Waals surface area contributed by atoms with Gasteiger partial charge >= 0.3 is 5.97 Å². The van der Waals surface area contributed by atoms with E-state index < -0.39 is 5.97 Å². The molecule has 10 heteroatoms. The van der Waals surface area contributed by atoms with Crippen LogP contribution >= 0.6 is 0 Å². The molecule has 0 unspecified atom stereocenters. The Labute approximate surface area is 240 Å². The van der Waals surface area contributed by atoms with Crippen molar-refractivity contribution in [3.8, 4) is 11.1 Å². The number of rotatable bonds is 14. The molecule has 3 aromatic rings. The van der Waals surface area contributed by atoms with Crippen LogP contribution in [0.1, 0.15) is 47.5 Å². The van der Waals surface area contributed by atoms with E-state index in [9.17, 15) is 19.5 Å². The van der Waals surface area contributed by atoms with Crippen LogP contribution in [-0.2, 0) is 16.1 Å². The van der Waals surface area contributed by atoms with Gasteiger partial charge in [-0.15, -0.1) is 0 Å². The molecule has 0 spiro atoms. The van der Waals surface area contributed by atoms with Gasteiger partial charge in [0.2, 0.25) is 5.91 Å². The smallest absolute Gasteiger partial charge is 0.305 e. The number of nitrogens with zero attached hydrogens (tertiary/aromatic N) is 4. The Morgan fingerprint density at radius 3 is 2.41 bits per heavy atom. The Hall–Kier alpha value is -4.18. The standard InChI is InChI=1S/C31H39N5O5/c1-21-17-27(33-41-21)30(39)32-26-19-25(11-12-28(26)35(4)15-6-14-34(2)3)24-8-5-7-22(18-24)20-36(16-13-29(37)38)31(40)23-9-10-23/h5,7-8,11-12,17-19,23H,6,9-10,13-16,20H2,1-4H3,(H,32,39)(H,37,38). The summed E-state index contributed by atoms with van der Waals surface area (Å²) in [6.07, 6.45) is 2.60. The van der Waals surface area contributed by atoms with Crippen LogP contribution < -0.4 is 10.2 Å². The zero-order valence-electron chi connectivity index (χ0n) is 24.2. The van der Waals surface area contributed by atoms with Crippen LogP contribution in [0.4, 0.5) is 11.4 Å². The molecule has 1 fully saturated rings. The molecule has 2 amide bonds. The number of anilines is 2. The number of aryl methyl sites for hydroxylation is 1. The van der Waals surface area contributed by atoms with Gasteiger partial charge in [-0.05, 0) is 81.7 Å². The molecule has 0 atom stereocenters. The number of benzene rings is 2. The maximum absolute atomic E-state index is 13.0. The minimum Gasteiger partial charge on any atom is -0.481 e. The lowest BCUT2D eigenvalue weighted by atomic mass is 10.0. The summed E-state index contributed by atoms with van der Waals surface area (Å²) in [5, 5.41) is 16.0. The first-order chi connectivity index (χ1) is 19.6. The Bertz CT molecular complexity index is 1380. The first-order valence-electron chi connectivity index (χ1n) is 13.9. The quantitative estimate of drug-likeness (QED) is 0.295. The molecule has 1 saturated carbocycles. The van der Waals surface area contributed by atoms with Crippen molar-refractivity contribution in [3.05, 3.63) is 65.5 Å². The summed E-state index contributed by atoms with van der Waals surface area (Å²) in [5.74, 6) is -0.697. The molecule has 1 heterocycles. The molecule has 0 saturated heterocycles. The van der Waals surface area contributed by atoms with Crippen molar-refractivity contribution < 1.29 is 24.0 Å². The van der Waals surface area contributed by atoms with Crippen molar-refractivity contribution in [2.24, 2.45) is 5.92 Å². The Kier molecular flexibility index (Phi) is 9.78. The Balaban J connectivity index is 1.59. The molecule has 0 bridgehead atoms. The fourth-order valence-electron chi connectivity index (χ4n) is 4.71. The second-order valence-electron chi connectivity index (χ2n) is 11.0. The van der Waals surface area contributed by atoms with Crippen molar-refractivity contribution in [1.82, 2.24) is 15.0 Å². The molecule has 4 rings (SSSR count). The second kappa shape index (κ2) is 13.5. The number of carbonyl (C=O) groups excluding carboxylic acids is 2. The van der Waals surface area contributed by atoms with Gasteiger partial charge in [-0.2, -0.15) is 0 Å². The molecular weight excluding hydrogens is 522 g/mol. The van der Waals surface area contributed by atoms with Crippen LogP contribution in [0.2, 0.25) is 0 Å². The molecule has 218 valence electrons. The van der Waals surface area contributed by atoms with Gasteiger partial charge in [0.15, 0.2) is 5.69 Å². The van der Waals surface area contributed by atoms with Gasteiger partial charge in [-0.25, -0.2) is 0 Å². The average Bonchev–Trinajstić information content (AvgIpc) is 3.70. The van der Waals surface area contributed by atoms with Crippen molar-refractivity contribution in [2.75, 3.05) is 51.0 Å². The largest absolute Gasteiger partial charge is 0.481 e. The van der Waals surface area contributed by atoms with Crippen molar-refractivity contribution in [2.45, 2.75) is 39.2 Å². The summed E-state index contributed by atoms with van der Waals surface area (Å²) in [6, 6.07) is 15.4. The van der Waals surface area contributed by atoms with Gasteiger partial charge in [0.25, 0.3) is 5.91 Å². The predicted molar refractivity (Wildman–Crippen MR) is 158 cm³/mol. The monoisotopic (exact) mass is 561 g/mol. The van der Waals surface area contributed by atoms with Gasteiger partial charge in [0, 0.05) is 38.7 Å². The molecule has 0 aliphatic heterocycles. The van der Waals surface area contributed by atoms with Crippen molar-refractivity contribution in [1.29, 1.82) is 0 Å². The van der Waals surface area contributed by atoms with Gasteiger partial charge in [0.05, 0.1) is 17.8 Å². The molecule has 0 radical (unpaired) electrons. The van der Waals surface area contributed by atoms with E-state index in [2.05, 4.69) is 20.3 Å². The van der Waals surface area contributed by atoms with Crippen LogP contribution in [0.25, 0.3) is 11.1 Å². The number of carboxylic acid groups (broad SMARTS) is 1. The topological polar surface area (TPSA) is 119 Å². The fourth-order valence-corrected chi connectivity index (χ4v) is 4.71. The molecule has 10 nitrogen and oxygen atoms in total. The zero-order valence-corrected chi connectivity index (χ0v) is 24.2. The summed E-state index contributed by atoms with van der Waals surface area (Å²) in [5.41, 5.74) is 4.47. The predicted octanol–water partition coefficient (Wildman–Crippen LogP) is 4.50. The number of carboxylic acids is 1. The van der Waals surface area contributed by atoms with E-state index in [0.29, 0.717) is 18.0 Å². The van der Waals surface area contributed by atoms with E-state index in [1.165, 1.54) is 0 Å². The van der Waals surface area contributed by atoms with Crippen LogP contribution in [0.15, 0.2) is 53.1 Å². The van der Waals surface area contributed by atoms with Gasteiger partial charge < -0.3 is 29.6 Å².